The van der Waals surface area contributed by atoms with Crippen molar-refractivity contribution in [3.05, 3.63) is 132 Å². The lowest BCUT2D eigenvalue weighted by Crippen LogP contribution is -2.56. The van der Waals surface area contributed by atoms with Gasteiger partial charge in [-0.3, -0.25) is 24.8 Å². The van der Waals surface area contributed by atoms with E-state index in [9.17, 15) is 0 Å². The van der Waals surface area contributed by atoms with Crippen molar-refractivity contribution in [1.82, 2.24) is 40.0 Å². The number of aromatic nitrogens is 5. The zero-order chi connectivity index (χ0) is 49.4. The summed E-state index contributed by atoms with van der Waals surface area (Å²) in [5.74, 6) is 4.79. The molecule has 6 unspecified atom stereocenters. The van der Waals surface area contributed by atoms with Gasteiger partial charge in [-0.1, -0.05) is 108 Å². The number of hydrogen-bond acceptors (Lipinski definition) is 11. The zero-order valence-corrected chi connectivity index (χ0v) is 43.4. The third-order valence-corrected chi connectivity index (χ3v) is 18.5. The molecule has 0 spiro atoms. The van der Waals surface area contributed by atoms with Gasteiger partial charge in [0.15, 0.2) is 0 Å². The number of piperidine rings is 7. The van der Waals surface area contributed by atoms with Gasteiger partial charge in [0, 0.05) is 70.6 Å². The molecule has 11 heterocycles. The summed E-state index contributed by atoms with van der Waals surface area (Å²) in [6.07, 6.45) is 16.1. The maximum Gasteiger partial charge on any atom is 0.323 e. The summed E-state index contributed by atoms with van der Waals surface area (Å²) in [5.41, 5.74) is 6.17. The molecule has 0 saturated carbocycles. The Balaban J connectivity index is 1.00. The molecule has 7 aliphatic rings. The lowest BCUT2D eigenvalue weighted by molar-refractivity contribution is -0.0517. The van der Waals surface area contributed by atoms with Gasteiger partial charge in [-0.05, 0) is 130 Å². The molecule has 1 N–H and O–H groups in total. The van der Waals surface area contributed by atoms with E-state index in [1.165, 1.54) is 38.5 Å². The summed E-state index contributed by atoms with van der Waals surface area (Å²) >= 11 is 0. The van der Waals surface area contributed by atoms with Crippen LogP contribution in [0.5, 0.6) is 17.8 Å². The molecule has 7 aromatic rings. The Morgan fingerprint density at radius 1 is 0.548 bits per heavy atom. The number of benzene rings is 3. The van der Waals surface area contributed by atoms with Gasteiger partial charge in [-0.15, -0.1) is 0 Å². The molecule has 14 rings (SSSR count). The highest BCUT2D eigenvalue weighted by Crippen LogP contribution is 2.47. The molecule has 7 aliphatic heterocycles. The minimum Gasteiger partial charge on any atom is -0.467 e. The topological polar surface area (TPSA) is 111 Å². The van der Waals surface area contributed by atoms with Gasteiger partial charge in [0.2, 0.25) is 11.8 Å². The second kappa shape index (κ2) is 21.2. The van der Waals surface area contributed by atoms with Crippen molar-refractivity contribution >= 4 is 32.7 Å². The molecular weight excluding hydrogens is 905 g/mol. The Hall–Kier alpha value is -5.75. The predicted octanol–water partition coefficient (Wildman–Crippen LogP) is 12.5. The third kappa shape index (κ3) is 9.55. The van der Waals surface area contributed by atoms with Crippen LogP contribution in [0.4, 0.5) is 0 Å². The Kier molecular flexibility index (Phi) is 14.0. The molecule has 380 valence electrons. The first kappa shape index (κ1) is 48.2. The zero-order valence-electron chi connectivity index (χ0n) is 43.4. The van der Waals surface area contributed by atoms with Gasteiger partial charge in [0.25, 0.3) is 0 Å². The molecule has 11 heteroatoms. The molecule has 0 amide bonds. The van der Waals surface area contributed by atoms with E-state index >= 15 is 0 Å². The summed E-state index contributed by atoms with van der Waals surface area (Å²) in [5, 5.41) is 7.22. The molecule has 13 atom stereocenters. The first-order chi connectivity index (χ1) is 36.0. The van der Waals surface area contributed by atoms with Gasteiger partial charge < -0.3 is 19.5 Å². The van der Waals surface area contributed by atoms with Crippen LogP contribution in [-0.4, -0.2) is 85.6 Å². The minimum atomic E-state index is -0.426. The van der Waals surface area contributed by atoms with Crippen LogP contribution in [0.1, 0.15) is 127 Å². The summed E-state index contributed by atoms with van der Waals surface area (Å²) in [6, 6.07) is 34.3. The van der Waals surface area contributed by atoms with E-state index in [1.807, 2.05) is 24.7 Å². The van der Waals surface area contributed by atoms with Crippen molar-refractivity contribution in [3.8, 4) is 17.8 Å². The van der Waals surface area contributed by atoms with Crippen LogP contribution in [0.15, 0.2) is 116 Å². The van der Waals surface area contributed by atoms with Crippen molar-refractivity contribution in [2.24, 2.45) is 35.5 Å². The first-order valence-electron chi connectivity index (χ1n) is 28.1. The molecule has 0 aliphatic carbocycles. The third-order valence-electron chi connectivity index (χ3n) is 18.5. The molecule has 3 aromatic carbocycles. The predicted molar refractivity (Wildman–Crippen MR) is 290 cm³/mol. The van der Waals surface area contributed by atoms with Crippen LogP contribution < -0.4 is 19.5 Å². The molecule has 73 heavy (non-hydrogen) atoms. The number of fused-ring (bicyclic) bond motifs is 9. The highest BCUT2D eigenvalue weighted by Gasteiger charge is 2.46. The standard InChI is InChI=1S/C62H74N8O3/c1-5-39(6-2)42-21-27-66-54(33-42)59(48-22-28-63-51-18-12-9-15-45(48)51)73-62-67-57(71-60(49-23-29-64-52-19-13-10-16-46(49)52)55-34-43-25-31-69(55)37-40(43)7-3)36-58(68-62)72-61(50-24-30-65-53-20-14-11-17-47(50)53)56-35-44-26-32-70(56)38-41(44)8-4/h9-20,22-24,28-30,36,39-44,54-56,59-61,66H,5-8,21,25-27,31-35,37-38H2,1-4H3/t40-,41+,42?,43?,44?,54-,55-,56+,59?,60+,61+/m1/s1. The van der Waals surface area contributed by atoms with Crippen LogP contribution in [0.3, 0.4) is 0 Å². The Bertz CT molecular complexity index is 2870. The normalized spacial score (nSPS) is 28.1. The van der Waals surface area contributed by atoms with Gasteiger partial charge in [0.05, 0.1) is 34.7 Å². The Morgan fingerprint density at radius 3 is 1.45 bits per heavy atom. The lowest BCUT2D eigenvalue weighted by Gasteiger charge is -2.52. The van der Waals surface area contributed by atoms with Crippen molar-refractivity contribution in [1.29, 1.82) is 0 Å². The van der Waals surface area contributed by atoms with Crippen LogP contribution in [0.25, 0.3) is 32.7 Å². The highest BCUT2D eigenvalue weighted by atomic mass is 16.5. The van der Waals surface area contributed by atoms with E-state index < -0.39 is 6.10 Å². The fourth-order valence-corrected chi connectivity index (χ4v) is 14.6. The summed E-state index contributed by atoms with van der Waals surface area (Å²) < 4.78 is 22.6. The van der Waals surface area contributed by atoms with E-state index in [0.717, 1.165) is 108 Å². The quantitative estimate of drug-likeness (QED) is 0.0942. The molecule has 7 saturated heterocycles. The average molecular weight is 979 g/mol. The number of pyridine rings is 3. The Morgan fingerprint density at radius 2 is 1.01 bits per heavy atom. The average Bonchev–Trinajstić information content (AvgIpc) is 3.45. The van der Waals surface area contributed by atoms with Gasteiger partial charge >= 0.3 is 6.01 Å². The maximum atomic E-state index is 7.59. The van der Waals surface area contributed by atoms with Crippen molar-refractivity contribution in [2.45, 2.75) is 128 Å². The lowest BCUT2D eigenvalue weighted by atomic mass is 9.72. The number of para-hydroxylation sites is 3. The number of nitrogens with one attached hydrogen (secondary N) is 1. The van der Waals surface area contributed by atoms with Crippen molar-refractivity contribution in [3.63, 3.8) is 0 Å². The summed E-state index contributed by atoms with van der Waals surface area (Å²) in [4.78, 5) is 30.6. The van der Waals surface area contributed by atoms with E-state index in [2.05, 4.69) is 134 Å². The number of ether oxygens (including phenoxy) is 3. The van der Waals surface area contributed by atoms with E-state index in [0.29, 0.717) is 47.3 Å². The van der Waals surface area contributed by atoms with Gasteiger partial charge in [-0.25, -0.2) is 0 Å². The molecule has 0 radical (unpaired) electrons. The van der Waals surface area contributed by atoms with Crippen LogP contribution in [0, 0.1) is 35.5 Å². The smallest absolute Gasteiger partial charge is 0.323 e. The van der Waals surface area contributed by atoms with E-state index in [-0.39, 0.29) is 36.3 Å². The molecule has 7 fully saturated rings. The van der Waals surface area contributed by atoms with Crippen LogP contribution in [-0.2, 0) is 0 Å². The molecular formula is C62H74N8O3. The summed E-state index contributed by atoms with van der Waals surface area (Å²) in [6.45, 7) is 14.6. The molecule has 4 bridgehead atoms. The van der Waals surface area contributed by atoms with Crippen molar-refractivity contribution < 1.29 is 14.2 Å². The first-order valence-corrected chi connectivity index (χ1v) is 28.1. The summed E-state index contributed by atoms with van der Waals surface area (Å²) in [7, 11) is 0. The van der Waals surface area contributed by atoms with E-state index in [4.69, 9.17) is 39.1 Å². The van der Waals surface area contributed by atoms with Crippen LogP contribution >= 0.6 is 0 Å². The van der Waals surface area contributed by atoms with Crippen molar-refractivity contribution in [2.75, 3.05) is 32.7 Å². The maximum absolute atomic E-state index is 7.59. The Labute approximate surface area is 431 Å². The minimum absolute atomic E-state index is 0.00348. The SMILES string of the molecule is CCC(CC)C1CCN[C@@H](C(Oc2nc(O[C@@H](c3ccnc4ccccc34)[C@H]3CC4CCN3C[C@H]4CC)cc(O[C@@H](c3ccnc4ccccc34)[C@@H]3CC4CCN3C[C@@H]4CC)n2)c2ccnc3ccccc23)C1. The number of hydrogen-bond donors (Lipinski definition) is 1. The number of nitrogens with zero attached hydrogens (tertiary/aromatic N) is 7. The van der Waals surface area contributed by atoms with Gasteiger partial charge in [0.1, 0.15) is 18.3 Å². The molecule has 11 nitrogen and oxygen atoms in total. The second-order valence-electron chi connectivity index (χ2n) is 22.1. The fourth-order valence-electron chi connectivity index (χ4n) is 14.6. The number of rotatable bonds is 17. The second-order valence-corrected chi connectivity index (χ2v) is 22.1. The largest absolute Gasteiger partial charge is 0.467 e. The van der Waals surface area contributed by atoms with E-state index in [1.54, 1.807) is 0 Å². The highest BCUT2D eigenvalue weighted by molar-refractivity contribution is 5.84. The molecule has 4 aromatic heterocycles. The van der Waals surface area contributed by atoms with Crippen LogP contribution in [0.2, 0.25) is 0 Å². The van der Waals surface area contributed by atoms with Gasteiger partial charge in [-0.2, -0.15) is 9.97 Å². The monoisotopic (exact) mass is 979 g/mol. The fraction of sp³-hybridized carbons (Fsp3) is 0.500.